The Morgan fingerprint density at radius 1 is 1.28 bits per heavy atom. The first kappa shape index (κ1) is 21.3. The molecule has 0 aromatic rings. The number of hydrogen-bond donors (Lipinski definition) is 3. The molecule has 2 atom stereocenters. The van der Waals surface area contributed by atoms with Crippen LogP contribution in [-0.2, 0) is 9.59 Å². The third-order valence-corrected chi connectivity index (χ3v) is 5.04. The van der Waals surface area contributed by atoms with Gasteiger partial charge in [-0.3, -0.25) is 4.79 Å². The number of carbonyl (C=O) groups is 2. The third-order valence-electron chi connectivity index (χ3n) is 5.04. The fraction of sp³-hybridized carbons (Fsp3) is 0.600. The van der Waals surface area contributed by atoms with Crippen molar-refractivity contribution in [2.75, 3.05) is 6.61 Å². The van der Waals surface area contributed by atoms with Crippen molar-refractivity contribution in [3.63, 3.8) is 0 Å². The molecule has 140 valence electrons. The summed E-state index contributed by atoms with van der Waals surface area (Å²) < 4.78 is 0. The fourth-order valence-corrected chi connectivity index (χ4v) is 3.48. The van der Waals surface area contributed by atoms with E-state index < -0.39 is 17.0 Å². The van der Waals surface area contributed by atoms with Crippen LogP contribution < -0.4 is 0 Å². The van der Waals surface area contributed by atoms with Gasteiger partial charge in [0.2, 0.25) is 0 Å². The molecule has 0 fully saturated rings. The highest BCUT2D eigenvalue weighted by molar-refractivity contribution is 5.93. The maximum atomic E-state index is 12.1. The Balaban J connectivity index is 3.02. The summed E-state index contributed by atoms with van der Waals surface area (Å²) in [7, 11) is 0. The van der Waals surface area contributed by atoms with Gasteiger partial charge in [-0.2, -0.15) is 0 Å². The zero-order chi connectivity index (χ0) is 19.1. The molecule has 0 spiro atoms. The van der Waals surface area contributed by atoms with Gasteiger partial charge in [-0.05, 0) is 50.0 Å². The van der Waals surface area contributed by atoms with E-state index >= 15 is 0 Å². The number of unbranched alkanes of at least 4 members (excludes halogenated alkanes) is 3. The minimum atomic E-state index is -1.29. The van der Waals surface area contributed by atoms with Crippen LogP contribution in [0.2, 0.25) is 0 Å². The number of carboxylic acid groups (broad SMARTS) is 1. The quantitative estimate of drug-likeness (QED) is 0.337. The molecule has 0 bridgehead atoms. The molecule has 0 saturated heterocycles. The summed E-state index contributed by atoms with van der Waals surface area (Å²) in [6, 6.07) is 0. The van der Waals surface area contributed by atoms with Gasteiger partial charge in [-0.15, -0.1) is 0 Å². The molecule has 3 N–H and O–H groups in total. The highest BCUT2D eigenvalue weighted by Gasteiger charge is 2.49. The molecule has 5 nitrogen and oxygen atoms in total. The van der Waals surface area contributed by atoms with Gasteiger partial charge in [0.05, 0.1) is 0 Å². The number of aliphatic hydroxyl groups is 2. The topological polar surface area (TPSA) is 94.8 Å². The van der Waals surface area contributed by atoms with E-state index in [0.29, 0.717) is 17.6 Å². The number of hydrogen-bond acceptors (Lipinski definition) is 4. The summed E-state index contributed by atoms with van der Waals surface area (Å²) in [4.78, 5) is 22.8. The van der Waals surface area contributed by atoms with Gasteiger partial charge >= 0.3 is 5.97 Å². The molecular formula is C20H30O5. The van der Waals surface area contributed by atoms with Crippen LogP contribution in [0.3, 0.4) is 0 Å². The Bertz CT molecular complexity index is 587. The average Bonchev–Trinajstić information content (AvgIpc) is 2.50. The molecule has 1 aliphatic rings. The van der Waals surface area contributed by atoms with Crippen molar-refractivity contribution in [3.05, 3.63) is 35.5 Å². The van der Waals surface area contributed by atoms with Crippen LogP contribution in [0.25, 0.3) is 0 Å². The minimum Gasteiger partial charge on any atom is -0.478 e. The number of aliphatic hydroxyl groups excluding tert-OH is 1. The molecule has 0 unspecified atom stereocenters. The van der Waals surface area contributed by atoms with E-state index in [2.05, 4.69) is 0 Å². The standard InChI is InChI=1S/C20H30O5/c1-15(12-18(23)24)8-10-20(25)16(2)13-17(22)14-19(20,3)9-6-4-5-7-11-21/h8,10,12-13,21,25H,4-7,9,11,14H2,1-3H3,(H,23,24)/b10-8+,15-12-/t19-,20+/m0/s1. The molecule has 0 heterocycles. The van der Waals surface area contributed by atoms with Crippen LogP contribution in [0.4, 0.5) is 0 Å². The van der Waals surface area contributed by atoms with E-state index in [0.717, 1.165) is 31.8 Å². The smallest absolute Gasteiger partial charge is 0.328 e. The Kier molecular flexibility index (Phi) is 7.77. The number of rotatable bonds is 9. The van der Waals surface area contributed by atoms with Crippen molar-refractivity contribution >= 4 is 11.8 Å². The molecule has 0 amide bonds. The first-order chi connectivity index (χ1) is 11.6. The van der Waals surface area contributed by atoms with Gasteiger partial charge in [0.15, 0.2) is 5.78 Å². The highest BCUT2D eigenvalue weighted by atomic mass is 16.4. The lowest BCUT2D eigenvalue weighted by Gasteiger charge is -2.46. The number of carbonyl (C=O) groups excluding carboxylic acids is 1. The Hall–Kier alpha value is -1.72. The normalized spacial score (nSPS) is 27.6. The predicted molar refractivity (Wildman–Crippen MR) is 97.1 cm³/mol. The summed E-state index contributed by atoms with van der Waals surface area (Å²) in [5.41, 5.74) is -0.815. The van der Waals surface area contributed by atoms with Gasteiger partial charge in [0.1, 0.15) is 5.60 Å². The largest absolute Gasteiger partial charge is 0.478 e. The van der Waals surface area contributed by atoms with Crippen molar-refractivity contribution in [1.82, 2.24) is 0 Å². The van der Waals surface area contributed by atoms with Gasteiger partial charge in [-0.25, -0.2) is 4.79 Å². The molecule has 25 heavy (non-hydrogen) atoms. The summed E-state index contributed by atoms with van der Waals surface area (Å²) in [5, 5.41) is 29.0. The van der Waals surface area contributed by atoms with Crippen LogP contribution in [0, 0.1) is 5.41 Å². The number of allylic oxidation sites excluding steroid dienone is 3. The molecule has 5 heteroatoms. The number of ketones is 1. The molecule has 0 aliphatic heterocycles. The lowest BCUT2D eigenvalue weighted by Crippen LogP contribution is -2.49. The van der Waals surface area contributed by atoms with Crippen LogP contribution in [0.15, 0.2) is 35.5 Å². The second-order valence-electron chi connectivity index (χ2n) is 7.25. The summed E-state index contributed by atoms with van der Waals surface area (Å²) in [5.74, 6) is -1.03. The zero-order valence-corrected chi connectivity index (χ0v) is 15.4. The molecule has 1 aliphatic carbocycles. The van der Waals surface area contributed by atoms with Gasteiger partial charge in [0, 0.05) is 24.5 Å². The molecule has 1 rings (SSSR count). The number of carboxylic acids is 1. The Morgan fingerprint density at radius 2 is 1.92 bits per heavy atom. The van der Waals surface area contributed by atoms with Crippen molar-refractivity contribution in [2.45, 2.75) is 64.9 Å². The van der Waals surface area contributed by atoms with E-state index in [4.69, 9.17) is 10.2 Å². The molecule has 0 radical (unpaired) electrons. The highest BCUT2D eigenvalue weighted by Crippen LogP contribution is 2.48. The summed E-state index contributed by atoms with van der Waals surface area (Å²) >= 11 is 0. The van der Waals surface area contributed by atoms with Gasteiger partial charge < -0.3 is 15.3 Å². The third kappa shape index (κ3) is 5.65. The lowest BCUT2D eigenvalue weighted by molar-refractivity contribution is -0.131. The van der Waals surface area contributed by atoms with Crippen molar-refractivity contribution < 1.29 is 24.9 Å². The predicted octanol–water partition coefficient (Wildman–Crippen LogP) is 3.17. The fourth-order valence-electron chi connectivity index (χ4n) is 3.48. The van der Waals surface area contributed by atoms with Crippen LogP contribution in [0.5, 0.6) is 0 Å². The van der Waals surface area contributed by atoms with Crippen LogP contribution in [0.1, 0.15) is 59.3 Å². The SMILES string of the molecule is CC1=CC(=O)C[C@](C)(CCCCCCO)[C@@]1(O)/C=C/C(C)=C\C(=O)O. The van der Waals surface area contributed by atoms with E-state index in [-0.39, 0.29) is 18.8 Å². The maximum absolute atomic E-state index is 12.1. The second kappa shape index (κ2) is 9.11. The zero-order valence-electron chi connectivity index (χ0n) is 15.4. The van der Waals surface area contributed by atoms with Crippen LogP contribution >= 0.6 is 0 Å². The van der Waals surface area contributed by atoms with E-state index in [9.17, 15) is 14.7 Å². The van der Waals surface area contributed by atoms with Gasteiger partial charge in [0.25, 0.3) is 0 Å². The monoisotopic (exact) mass is 350 g/mol. The lowest BCUT2D eigenvalue weighted by atomic mass is 9.61. The van der Waals surface area contributed by atoms with Crippen molar-refractivity contribution in [2.24, 2.45) is 5.41 Å². The Labute approximate surface area is 149 Å². The van der Waals surface area contributed by atoms with E-state index in [1.807, 2.05) is 6.92 Å². The Morgan fingerprint density at radius 3 is 2.52 bits per heavy atom. The molecule has 0 aromatic heterocycles. The first-order valence-electron chi connectivity index (χ1n) is 8.80. The summed E-state index contributed by atoms with van der Waals surface area (Å²) in [6.45, 7) is 5.49. The summed E-state index contributed by atoms with van der Waals surface area (Å²) in [6.07, 6.45) is 10.2. The van der Waals surface area contributed by atoms with E-state index in [1.165, 1.54) is 6.08 Å². The first-order valence-corrected chi connectivity index (χ1v) is 8.80. The van der Waals surface area contributed by atoms with Crippen molar-refractivity contribution in [3.8, 4) is 0 Å². The van der Waals surface area contributed by atoms with Crippen LogP contribution in [-0.4, -0.2) is 39.3 Å². The minimum absolute atomic E-state index is 0.00577. The van der Waals surface area contributed by atoms with E-state index in [1.54, 1.807) is 26.0 Å². The second-order valence-corrected chi connectivity index (χ2v) is 7.25. The molecule has 0 saturated carbocycles. The van der Waals surface area contributed by atoms with Crippen molar-refractivity contribution in [1.29, 1.82) is 0 Å². The number of aliphatic carboxylic acids is 1. The molecular weight excluding hydrogens is 320 g/mol. The molecule has 0 aromatic carbocycles. The maximum Gasteiger partial charge on any atom is 0.328 e. The van der Waals surface area contributed by atoms with Gasteiger partial charge in [-0.1, -0.05) is 32.3 Å². The average molecular weight is 350 g/mol.